The molecular formula is C17H22FNO3. The maximum absolute atomic E-state index is 12.8. The maximum Gasteiger partial charge on any atom is 0.222 e. The van der Waals surface area contributed by atoms with E-state index in [0.717, 1.165) is 18.4 Å². The van der Waals surface area contributed by atoms with Crippen molar-refractivity contribution in [1.29, 1.82) is 0 Å². The molecule has 4 nitrogen and oxygen atoms in total. The standard InChI is InChI=1S/C17H22FNO3/c18-13-6-4-12(5-7-13)2-1-3-16(22)19-8-14-15(9-19)17(14,10-20)11-21/h4-7,14-15,20-21H,1-3,8-11H2. The van der Waals surface area contributed by atoms with Crippen LogP contribution >= 0.6 is 0 Å². The van der Waals surface area contributed by atoms with Crippen molar-refractivity contribution in [3.63, 3.8) is 0 Å². The maximum atomic E-state index is 12.8. The van der Waals surface area contributed by atoms with E-state index in [-0.39, 0.29) is 42.2 Å². The summed E-state index contributed by atoms with van der Waals surface area (Å²) in [5.41, 5.74) is 0.697. The fourth-order valence-corrected chi connectivity index (χ4v) is 3.81. The monoisotopic (exact) mass is 307 g/mol. The highest BCUT2D eigenvalue weighted by molar-refractivity contribution is 5.76. The largest absolute Gasteiger partial charge is 0.396 e. The molecule has 0 bridgehead atoms. The second kappa shape index (κ2) is 5.97. The summed E-state index contributed by atoms with van der Waals surface area (Å²) >= 11 is 0. The van der Waals surface area contributed by atoms with Crippen molar-refractivity contribution >= 4 is 5.91 Å². The Bertz CT molecular complexity index is 527. The first kappa shape index (κ1) is 15.4. The molecule has 1 aliphatic carbocycles. The van der Waals surface area contributed by atoms with E-state index in [1.54, 1.807) is 12.1 Å². The van der Waals surface area contributed by atoms with Gasteiger partial charge in [0.1, 0.15) is 5.82 Å². The lowest BCUT2D eigenvalue weighted by Gasteiger charge is -2.24. The second-order valence-corrected chi connectivity index (χ2v) is 6.54. The van der Waals surface area contributed by atoms with E-state index < -0.39 is 0 Å². The van der Waals surface area contributed by atoms with Crippen molar-refractivity contribution in [1.82, 2.24) is 4.90 Å². The van der Waals surface area contributed by atoms with Crippen molar-refractivity contribution in [3.05, 3.63) is 35.6 Å². The van der Waals surface area contributed by atoms with E-state index in [2.05, 4.69) is 0 Å². The number of aryl methyl sites for hydroxylation is 1. The topological polar surface area (TPSA) is 60.8 Å². The van der Waals surface area contributed by atoms with Crippen molar-refractivity contribution in [2.24, 2.45) is 17.3 Å². The zero-order valence-corrected chi connectivity index (χ0v) is 12.5. The summed E-state index contributed by atoms with van der Waals surface area (Å²) < 4.78 is 12.8. The smallest absolute Gasteiger partial charge is 0.222 e. The Kier molecular flexibility index (Phi) is 4.19. The van der Waals surface area contributed by atoms with Crippen molar-refractivity contribution in [2.75, 3.05) is 26.3 Å². The number of rotatable bonds is 6. The van der Waals surface area contributed by atoms with Gasteiger partial charge in [-0.3, -0.25) is 4.79 Å². The van der Waals surface area contributed by atoms with E-state index in [0.29, 0.717) is 19.5 Å². The third-order valence-corrected chi connectivity index (χ3v) is 5.40. The summed E-state index contributed by atoms with van der Waals surface area (Å²) in [5, 5.41) is 18.8. The van der Waals surface area contributed by atoms with Gasteiger partial charge in [0.05, 0.1) is 13.2 Å². The molecule has 1 saturated carbocycles. The highest BCUT2D eigenvalue weighted by Crippen LogP contribution is 2.62. The molecule has 2 aliphatic rings. The summed E-state index contributed by atoms with van der Waals surface area (Å²) in [4.78, 5) is 14.0. The Labute approximate surface area is 129 Å². The first-order valence-corrected chi connectivity index (χ1v) is 7.84. The molecule has 1 aromatic carbocycles. The minimum absolute atomic E-state index is 0.00539. The highest BCUT2D eigenvalue weighted by Gasteiger charge is 2.67. The van der Waals surface area contributed by atoms with Gasteiger partial charge in [-0.15, -0.1) is 0 Å². The first-order valence-electron chi connectivity index (χ1n) is 7.84. The van der Waals surface area contributed by atoms with Crippen LogP contribution in [0.5, 0.6) is 0 Å². The van der Waals surface area contributed by atoms with Gasteiger partial charge in [-0.05, 0) is 42.4 Å². The van der Waals surface area contributed by atoms with E-state index in [9.17, 15) is 19.4 Å². The number of benzene rings is 1. The molecule has 2 N–H and O–H groups in total. The lowest BCUT2D eigenvalue weighted by molar-refractivity contribution is -0.131. The molecular weight excluding hydrogens is 285 g/mol. The Hall–Kier alpha value is -1.46. The van der Waals surface area contributed by atoms with Gasteiger partial charge in [-0.1, -0.05) is 12.1 Å². The number of aliphatic hydroxyl groups is 2. The van der Waals surface area contributed by atoms with Gasteiger partial charge in [0, 0.05) is 24.9 Å². The molecule has 0 aromatic heterocycles. The van der Waals surface area contributed by atoms with E-state index in [1.165, 1.54) is 12.1 Å². The van der Waals surface area contributed by atoms with Crippen LogP contribution < -0.4 is 0 Å². The zero-order valence-electron chi connectivity index (χ0n) is 12.5. The Balaban J connectivity index is 1.42. The average molecular weight is 307 g/mol. The predicted octanol–water partition coefficient (Wildman–Crippen LogP) is 1.21. The molecule has 2 unspecified atom stereocenters. The van der Waals surface area contributed by atoms with Crippen LogP contribution in [0.15, 0.2) is 24.3 Å². The van der Waals surface area contributed by atoms with Crippen LogP contribution in [0.25, 0.3) is 0 Å². The fourth-order valence-electron chi connectivity index (χ4n) is 3.81. The lowest BCUT2D eigenvalue weighted by Crippen LogP contribution is -2.36. The SMILES string of the molecule is O=C(CCCc1ccc(F)cc1)N1CC2C(C1)C2(CO)CO. The van der Waals surface area contributed by atoms with Crippen LogP contribution in [0, 0.1) is 23.1 Å². The molecule has 5 heteroatoms. The summed E-state index contributed by atoms with van der Waals surface area (Å²) in [6.07, 6.45) is 2.01. The molecule has 120 valence electrons. The third-order valence-electron chi connectivity index (χ3n) is 5.40. The molecule has 1 saturated heterocycles. The number of piperidine rings is 1. The summed E-state index contributed by atoms with van der Waals surface area (Å²) in [6, 6.07) is 6.38. The Morgan fingerprint density at radius 1 is 1.18 bits per heavy atom. The van der Waals surface area contributed by atoms with Crippen LogP contribution in [-0.4, -0.2) is 47.3 Å². The number of fused-ring (bicyclic) bond motifs is 1. The van der Waals surface area contributed by atoms with Crippen LogP contribution in [0.3, 0.4) is 0 Å². The van der Waals surface area contributed by atoms with E-state index in [1.807, 2.05) is 4.90 Å². The number of hydrogen-bond acceptors (Lipinski definition) is 3. The van der Waals surface area contributed by atoms with Crippen LogP contribution in [-0.2, 0) is 11.2 Å². The average Bonchev–Trinajstić information content (AvgIpc) is 2.90. The molecule has 1 aromatic rings. The van der Waals surface area contributed by atoms with Crippen molar-refractivity contribution in [3.8, 4) is 0 Å². The fraction of sp³-hybridized carbons (Fsp3) is 0.588. The number of halogens is 1. The number of aliphatic hydroxyl groups excluding tert-OH is 2. The van der Waals surface area contributed by atoms with Crippen LogP contribution in [0.2, 0.25) is 0 Å². The number of likely N-dealkylation sites (tertiary alicyclic amines) is 1. The summed E-state index contributed by atoms with van der Waals surface area (Å²) in [5.74, 6) is 0.401. The number of amides is 1. The van der Waals surface area contributed by atoms with Gasteiger partial charge in [0.15, 0.2) is 0 Å². The molecule has 3 rings (SSSR count). The van der Waals surface area contributed by atoms with Gasteiger partial charge >= 0.3 is 0 Å². The number of carbonyl (C=O) groups is 1. The molecule has 1 amide bonds. The van der Waals surface area contributed by atoms with Crippen molar-refractivity contribution in [2.45, 2.75) is 19.3 Å². The van der Waals surface area contributed by atoms with Crippen LogP contribution in [0.4, 0.5) is 4.39 Å². The molecule has 0 radical (unpaired) electrons. The van der Waals surface area contributed by atoms with Crippen LogP contribution in [0.1, 0.15) is 18.4 Å². The van der Waals surface area contributed by atoms with Gasteiger partial charge < -0.3 is 15.1 Å². The molecule has 2 fully saturated rings. The van der Waals surface area contributed by atoms with E-state index in [4.69, 9.17) is 0 Å². The molecule has 1 heterocycles. The summed E-state index contributed by atoms with van der Waals surface area (Å²) in [7, 11) is 0. The minimum Gasteiger partial charge on any atom is -0.396 e. The lowest BCUT2D eigenvalue weighted by atomic mass is 10.0. The summed E-state index contributed by atoms with van der Waals surface area (Å²) in [6.45, 7) is 1.32. The second-order valence-electron chi connectivity index (χ2n) is 6.54. The first-order chi connectivity index (χ1) is 10.6. The van der Waals surface area contributed by atoms with Gasteiger partial charge in [-0.2, -0.15) is 0 Å². The Morgan fingerprint density at radius 3 is 2.32 bits per heavy atom. The minimum atomic E-state index is -0.342. The number of nitrogens with zero attached hydrogens (tertiary/aromatic N) is 1. The quantitative estimate of drug-likeness (QED) is 0.830. The van der Waals surface area contributed by atoms with Gasteiger partial charge in [0.2, 0.25) is 5.91 Å². The number of hydrogen-bond donors (Lipinski definition) is 2. The normalized spacial score (nSPS) is 25.1. The Morgan fingerprint density at radius 2 is 1.77 bits per heavy atom. The van der Waals surface area contributed by atoms with E-state index >= 15 is 0 Å². The molecule has 0 spiro atoms. The van der Waals surface area contributed by atoms with Crippen molar-refractivity contribution < 1.29 is 19.4 Å². The molecule has 2 atom stereocenters. The zero-order chi connectivity index (χ0) is 15.7. The van der Waals surface area contributed by atoms with Gasteiger partial charge in [0.25, 0.3) is 0 Å². The molecule has 22 heavy (non-hydrogen) atoms. The third kappa shape index (κ3) is 2.63. The predicted molar refractivity (Wildman–Crippen MR) is 79.5 cm³/mol. The number of carbonyl (C=O) groups excluding carboxylic acids is 1. The van der Waals surface area contributed by atoms with Gasteiger partial charge in [-0.25, -0.2) is 4.39 Å². The molecule has 1 aliphatic heterocycles. The highest BCUT2D eigenvalue weighted by atomic mass is 19.1.